The van der Waals surface area contributed by atoms with Gasteiger partial charge in [-0.15, -0.1) is 11.8 Å². The second-order valence-electron chi connectivity index (χ2n) is 5.12. The zero-order chi connectivity index (χ0) is 14.5. The molecule has 2 unspecified atom stereocenters. The Morgan fingerprint density at radius 3 is 2.75 bits per heavy atom. The van der Waals surface area contributed by atoms with Crippen molar-refractivity contribution < 1.29 is 14.7 Å². The molecular formula is C15H19NO3S. The smallest absolute Gasteiger partial charge is 0.306 e. The third-order valence-electron chi connectivity index (χ3n) is 3.73. The molecule has 1 aliphatic carbocycles. The molecule has 1 amide bonds. The van der Waals surface area contributed by atoms with Gasteiger partial charge in [0.2, 0.25) is 5.91 Å². The van der Waals surface area contributed by atoms with E-state index in [1.54, 1.807) is 11.8 Å². The van der Waals surface area contributed by atoms with Crippen molar-refractivity contribution in [3.05, 3.63) is 24.3 Å². The Labute approximate surface area is 123 Å². The number of aliphatic carboxylic acids is 1. The molecule has 0 aromatic heterocycles. The van der Waals surface area contributed by atoms with Gasteiger partial charge in [0.15, 0.2) is 0 Å². The van der Waals surface area contributed by atoms with E-state index in [2.05, 4.69) is 5.32 Å². The predicted octanol–water partition coefficient (Wildman–Crippen LogP) is 3.24. The number of carboxylic acids is 1. The molecule has 0 spiro atoms. The van der Waals surface area contributed by atoms with Crippen molar-refractivity contribution in [3.8, 4) is 0 Å². The molecule has 1 saturated carbocycles. The number of nitrogens with one attached hydrogen (secondary N) is 1. The summed E-state index contributed by atoms with van der Waals surface area (Å²) >= 11 is 1.62. The molecule has 1 aliphatic rings. The summed E-state index contributed by atoms with van der Waals surface area (Å²) in [5, 5.41) is 12.0. The number of hydrogen-bond donors (Lipinski definition) is 2. The summed E-state index contributed by atoms with van der Waals surface area (Å²) < 4.78 is 0. The van der Waals surface area contributed by atoms with Gasteiger partial charge in [0.05, 0.1) is 5.92 Å². The number of anilines is 1. The largest absolute Gasteiger partial charge is 0.481 e. The van der Waals surface area contributed by atoms with Crippen LogP contribution in [0.2, 0.25) is 0 Å². The SMILES string of the molecule is CSc1cccc(NC(=O)C2CCCC(C(=O)O)C2)c1. The molecule has 4 nitrogen and oxygen atoms in total. The van der Waals surface area contributed by atoms with Gasteiger partial charge in [0, 0.05) is 16.5 Å². The number of carbonyl (C=O) groups excluding carboxylic acids is 1. The highest BCUT2D eigenvalue weighted by molar-refractivity contribution is 7.98. The minimum atomic E-state index is -0.785. The molecule has 20 heavy (non-hydrogen) atoms. The molecule has 1 aromatic carbocycles. The fourth-order valence-electron chi connectivity index (χ4n) is 2.60. The van der Waals surface area contributed by atoms with Gasteiger partial charge < -0.3 is 10.4 Å². The number of rotatable bonds is 4. The van der Waals surface area contributed by atoms with Crippen LogP contribution in [0.3, 0.4) is 0 Å². The molecule has 1 fully saturated rings. The summed E-state index contributed by atoms with van der Waals surface area (Å²) in [5.74, 6) is -1.42. The number of benzene rings is 1. The molecule has 5 heteroatoms. The van der Waals surface area contributed by atoms with Crippen molar-refractivity contribution in [1.29, 1.82) is 0 Å². The van der Waals surface area contributed by atoms with Gasteiger partial charge in [0.1, 0.15) is 0 Å². The van der Waals surface area contributed by atoms with E-state index < -0.39 is 5.97 Å². The molecule has 2 atom stereocenters. The first-order valence-corrected chi connectivity index (χ1v) is 8.00. The van der Waals surface area contributed by atoms with Gasteiger partial charge in [-0.3, -0.25) is 9.59 Å². The summed E-state index contributed by atoms with van der Waals surface area (Å²) in [7, 11) is 0. The zero-order valence-corrected chi connectivity index (χ0v) is 12.3. The Kier molecular flexibility index (Phi) is 5.06. The summed E-state index contributed by atoms with van der Waals surface area (Å²) in [4.78, 5) is 24.3. The highest BCUT2D eigenvalue weighted by Gasteiger charge is 2.30. The lowest BCUT2D eigenvalue weighted by atomic mass is 9.81. The van der Waals surface area contributed by atoms with Gasteiger partial charge in [-0.2, -0.15) is 0 Å². The maximum absolute atomic E-state index is 12.2. The Morgan fingerprint density at radius 1 is 1.30 bits per heavy atom. The Hall–Kier alpha value is -1.49. The van der Waals surface area contributed by atoms with Crippen LogP contribution in [0.5, 0.6) is 0 Å². The van der Waals surface area contributed by atoms with Crippen LogP contribution in [-0.2, 0) is 9.59 Å². The van der Waals surface area contributed by atoms with Crippen molar-refractivity contribution in [2.45, 2.75) is 30.6 Å². The van der Waals surface area contributed by atoms with E-state index in [9.17, 15) is 9.59 Å². The number of carbonyl (C=O) groups is 2. The molecule has 0 aliphatic heterocycles. The van der Waals surface area contributed by atoms with E-state index in [0.29, 0.717) is 12.8 Å². The van der Waals surface area contributed by atoms with Crippen LogP contribution >= 0.6 is 11.8 Å². The maximum Gasteiger partial charge on any atom is 0.306 e. The summed E-state index contributed by atoms with van der Waals surface area (Å²) in [6, 6.07) is 7.68. The molecule has 0 bridgehead atoms. The topological polar surface area (TPSA) is 66.4 Å². The van der Waals surface area contributed by atoms with E-state index in [4.69, 9.17) is 5.11 Å². The van der Waals surface area contributed by atoms with Crippen LogP contribution < -0.4 is 5.32 Å². The molecule has 2 rings (SSSR count). The molecule has 2 N–H and O–H groups in total. The Bertz CT molecular complexity index is 504. The normalized spacial score (nSPS) is 22.2. The minimum Gasteiger partial charge on any atom is -0.481 e. The van der Waals surface area contributed by atoms with Gasteiger partial charge in [-0.1, -0.05) is 12.5 Å². The standard InChI is InChI=1S/C15H19NO3S/c1-20-13-7-3-6-12(9-13)16-14(17)10-4-2-5-11(8-10)15(18)19/h3,6-7,9-11H,2,4-5,8H2,1H3,(H,16,17)(H,18,19). The fourth-order valence-corrected chi connectivity index (χ4v) is 3.06. The lowest BCUT2D eigenvalue weighted by Gasteiger charge is -2.25. The van der Waals surface area contributed by atoms with Crippen molar-refractivity contribution in [1.82, 2.24) is 0 Å². The lowest BCUT2D eigenvalue weighted by Crippen LogP contribution is -2.30. The van der Waals surface area contributed by atoms with Crippen LogP contribution in [0.15, 0.2) is 29.2 Å². The fraction of sp³-hybridized carbons (Fsp3) is 0.467. The predicted molar refractivity (Wildman–Crippen MR) is 79.9 cm³/mol. The molecular weight excluding hydrogens is 274 g/mol. The highest BCUT2D eigenvalue weighted by atomic mass is 32.2. The average molecular weight is 293 g/mol. The molecule has 0 saturated heterocycles. The van der Waals surface area contributed by atoms with E-state index in [1.165, 1.54) is 0 Å². The second-order valence-corrected chi connectivity index (χ2v) is 6.00. The zero-order valence-electron chi connectivity index (χ0n) is 11.5. The van der Waals surface area contributed by atoms with Crippen LogP contribution in [0.1, 0.15) is 25.7 Å². The average Bonchev–Trinajstić information content (AvgIpc) is 2.47. The van der Waals surface area contributed by atoms with Gasteiger partial charge in [0.25, 0.3) is 0 Å². The van der Waals surface area contributed by atoms with Crippen molar-refractivity contribution >= 4 is 29.3 Å². The quantitative estimate of drug-likeness (QED) is 0.836. The first-order valence-electron chi connectivity index (χ1n) is 6.78. The third kappa shape index (κ3) is 3.76. The van der Waals surface area contributed by atoms with Crippen LogP contribution in [0.25, 0.3) is 0 Å². The van der Waals surface area contributed by atoms with Gasteiger partial charge in [-0.25, -0.2) is 0 Å². The minimum absolute atomic E-state index is 0.0609. The first-order chi connectivity index (χ1) is 9.60. The third-order valence-corrected chi connectivity index (χ3v) is 4.46. The monoisotopic (exact) mass is 293 g/mol. The molecule has 1 aromatic rings. The Balaban J connectivity index is 1.98. The van der Waals surface area contributed by atoms with E-state index >= 15 is 0 Å². The van der Waals surface area contributed by atoms with Crippen molar-refractivity contribution in [2.75, 3.05) is 11.6 Å². The van der Waals surface area contributed by atoms with E-state index in [-0.39, 0.29) is 17.7 Å². The first kappa shape index (κ1) is 14.9. The van der Waals surface area contributed by atoms with Crippen LogP contribution in [-0.4, -0.2) is 23.2 Å². The maximum atomic E-state index is 12.2. The van der Waals surface area contributed by atoms with Crippen LogP contribution in [0.4, 0.5) is 5.69 Å². The summed E-state index contributed by atoms with van der Waals surface area (Å²) in [6.07, 6.45) is 4.70. The summed E-state index contributed by atoms with van der Waals surface area (Å²) in [6.45, 7) is 0. The second kappa shape index (κ2) is 6.79. The van der Waals surface area contributed by atoms with Crippen LogP contribution in [0, 0.1) is 11.8 Å². The van der Waals surface area contributed by atoms with E-state index in [1.807, 2.05) is 30.5 Å². The molecule has 0 heterocycles. The van der Waals surface area contributed by atoms with Crippen molar-refractivity contribution in [3.63, 3.8) is 0 Å². The lowest BCUT2D eigenvalue weighted by molar-refractivity contribution is -0.143. The van der Waals surface area contributed by atoms with Crippen molar-refractivity contribution in [2.24, 2.45) is 11.8 Å². The number of carboxylic acid groups (broad SMARTS) is 1. The molecule has 0 radical (unpaired) electrons. The van der Waals surface area contributed by atoms with E-state index in [0.717, 1.165) is 23.4 Å². The van der Waals surface area contributed by atoms with Gasteiger partial charge >= 0.3 is 5.97 Å². The number of amides is 1. The summed E-state index contributed by atoms with van der Waals surface area (Å²) in [5.41, 5.74) is 0.777. The van der Waals surface area contributed by atoms with Gasteiger partial charge in [-0.05, 0) is 43.7 Å². The molecule has 108 valence electrons. The highest BCUT2D eigenvalue weighted by Crippen LogP contribution is 2.30. The Morgan fingerprint density at radius 2 is 2.05 bits per heavy atom. The number of hydrogen-bond acceptors (Lipinski definition) is 3. The number of thioether (sulfide) groups is 1.